The second kappa shape index (κ2) is 6.20. The normalized spacial score (nSPS) is 15.2. The molecule has 2 nitrogen and oxygen atoms in total. The van der Waals surface area contributed by atoms with Gasteiger partial charge in [0, 0.05) is 4.88 Å². The van der Waals surface area contributed by atoms with Crippen LogP contribution in [0.2, 0.25) is 0 Å². The number of aromatic nitrogens is 1. The minimum absolute atomic E-state index is 0.157. The fourth-order valence-electron chi connectivity index (χ4n) is 2.66. The van der Waals surface area contributed by atoms with Crippen LogP contribution in [0.5, 0.6) is 0 Å². The van der Waals surface area contributed by atoms with E-state index in [0.29, 0.717) is 0 Å². The number of thiazole rings is 1. The van der Waals surface area contributed by atoms with Gasteiger partial charge in [0.1, 0.15) is 5.01 Å². The first-order valence-corrected chi connectivity index (χ1v) is 8.17. The standard InChI is InChI=1S/C16H18F2N2S/c1-2-8-19-15(10-6-7-11(17)12(18)9-10)16-20-13-4-3-5-14(13)21-16/h6-7,9,15,19H,2-5,8H2,1H3. The molecule has 0 amide bonds. The molecule has 1 N–H and O–H groups in total. The minimum atomic E-state index is -0.811. The van der Waals surface area contributed by atoms with Crippen LogP contribution in [0.4, 0.5) is 8.78 Å². The zero-order chi connectivity index (χ0) is 14.8. The molecule has 0 bridgehead atoms. The predicted molar refractivity (Wildman–Crippen MR) is 80.6 cm³/mol. The molecule has 0 aliphatic heterocycles. The molecular weight excluding hydrogens is 290 g/mol. The van der Waals surface area contributed by atoms with Crippen LogP contribution in [-0.4, -0.2) is 11.5 Å². The van der Waals surface area contributed by atoms with E-state index in [1.807, 2.05) is 0 Å². The molecule has 3 rings (SSSR count). The molecule has 1 heterocycles. The molecule has 0 fully saturated rings. The van der Waals surface area contributed by atoms with Crippen molar-refractivity contribution < 1.29 is 8.78 Å². The summed E-state index contributed by atoms with van der Waals surface area (Å²) >= 11 is 1.70. The zero-order valence-corrected chi connectivity index (χ0v) is 12.8. The highest BCUT2D eigenvalue weighted by Gasteiger charge is 2.23. The third-order valence-corrected chi connectivity index (χ3v) is 4.96. The molecule has 1 unspecified atom stereocenters. The first kappa shape index (κ1) is 14.6. The predicted octanol–water partition coefficient (Wildman–Crippen LogP) is 4.00. The Morgan fingerprint density at radius 1 is 1.29 bits per heavy atom. The summed E-state index contributed by atoms with van der Waals surface area (Å²) in [6.07, 6.45) is 4.27. The number of aryl methyl sites for hydroxylation is 2. The zero-order valence-electron chi connectivity index (χ0n) is 12.0. The van der Waals surface area contributed by atoms with Crippen molar-refractivity contribution >= 4 is 11.3 Å². The van der Waals surface area contributed by atoms with Gasteiger partial charge in [-0.05, 0) is 49.9 Å². The SMILES string of the molecule is CCCNC(c1ccc(F)c(F)c1)c1nc2c(s1)CCC2. The number of benzene rings is 1. The van der Waals surface area contributed by atoms with Crippen molar-refractivity contribution in [3.63, 3.8) is 0 Å². The lowest BCUT2D eigenvalue weighted by atomic mass is 10.1. The summed E-state index contributed by atoms with van der Waals surface area (Å²) in [6.45, 7) is 2.89. The maximum atomic E-state index is 13.5. The summed E-state index contributed by atoms with van der Waals surface area (Å²) in [5, 5.41) is 4.35. The number of hydrogen-bond donors (Lipinski definition) is 1. The summed E-state index contributed by atoms with van der Waals surface area (Å²) in [7, 11) is 0. The van der Waals surface area contributed by atoms with Gasteiger partial charge in [-0.15, -0.1) is 11.3 Å². The highest BCUT2D eigenvalue weighted by atomic mass is 32.1. The second-order valence-electron chi connectivity index (χ2n) is 5.34. The van der Waals surface area contributed by atoms with Crippen LogP contribution < -0.4 is 5.32 Å². The Morgan fingerprint density at radius 2 is 2.14 bits per heavy atom. The quantitative estimate of drug-likeness (QED) is 0.903. The van der Waals surface area contributed by atoms with Crippen LogP contribution in [-0.2, 0) is 12.8 Å². The molecule has 1 aromatic heterocycles. The lowest BCUT2D eigenvalue weighted by Gasteiger charge is -2.17. The van der Waals surface area contributed by atoms with Gasteiger partial charge in [0.15, 0.2) is 11.6 Å². The molecule has 1 aliphatic rings. The van der Waals surface area contributed by atoms with Crippen LogP contribution in [0, 0.1) is 11.6 Å². The minimum Gasteiger partial charge on any atom is -0.304 e. The van der Waals surface area contributed by atoms with E-state index >= 15 is 0 Å². The summed E-state index contributed by atoms with van der Waals surface area (Å²) in [5.74, 6) is -1.62. The highest BCUT2D eigenvalue weighted by molar-refractivity contribution is 7.11. The average Bonchev–Trinajstić information content (AvgIpc) is 3.04. The maximum absolute atomic E-state index is 13.5. The van der Waals surface area contributed by atoms with Gasteiger partial charge in [0.25, 0.3) is 0 Å². The molecule has 1 atom stereocenters. The molecule has 21 heavy (non-hydrogen) atoms. The van der Waals surface area contributed by atoms with Crippen molar-refractivity contribution in [2.45, 2.75) is 38.6 Å². The van der Waals surface area contributed by atoms with Crippen LogP contribution in [0.1, 0.15) is 46.9 Å². The van der Waals surface area contributed by atoms with Gasteiger partial charge in [-0.1, -0.05) is 13.0 Å². The van der Waals surface area contributed by atoms with Crippen LogP contribution >= 0.6 is 11.3 Å². The Hall–Kier alpha value is -1.33. The van der Waals surface area contributed by atoms with E-state index in [-0.39, 0.29) is 6.04 Å². The van der Waals surface area contributed by atoms with Crippen molar-refractivity contribution in [3.8, 4) is 0 Å². The van der Waals surface area contributed by atoms with Crippen LogP contribution in [0.15, 0.2) is 18.2 Å². The molecule has 0 radical (unpaired) electrons. The van der Waals surface area contributed by atoms with Crippen LogP contribution in [0.3, 0.4) is 0 Å². The third kappa shape index (κ3) is 2.99. The number of halogens is 2. The molecule has 0 spiro atoms. The molecule has 0 saturated carbocycles. The monoisotopic (exact) mass is 308 g/mol. The molecule has 1 aliphatic carbocycles. The van der Waals surface area contributed by atoms with Crippen molar-refractivity contribution in [1.82, 2.24) is 10.3 Å². The topological polar surface area (TPSA) is 24.9 Å². The van der Waals surface area contributed by atoms with Crippen molar-refractivity contribution in [2.75, 3.05) is 6.54 Å². The first-order chi connectivity index (χ1) is 10.2. The van der Waals surface area contributed by atoms with Gasteiger partial charge in [-0.3, -0.25) is 0 Å². The van der Waals surface area contributed by atoms with Gasteiger partial charge >= 0.3 is 0 Å². The van der Waals surface area contributed by atoms with Crippen molar-refractivity contribution in [3.05, 3.63) is 51.0 Å². The Kier molecular flexibility index (Phi) is 4.31. The Morgan fingerprint density at radius 3 is 2.86 bits per heavy atom. The average molecular weight is 308 g/mol. The van der Waals surface area contributed by atoms with Crippen molar-refractivity contribution in [2.24, 2.45) is 0 Å². The Bertz CT molecular complexity index is 618. The van der Waals surface area contributed by atoms with E-state index in [9.17, 15) is 8.78 Å². The van der Waals surface area contributed by atoms with E-state index in [4.69, 9.17) is 4.98 Å². The number of fused-ring (bicyclic) bond motifs is 1. The number of nitrogens with zero attached hydrogens (tertiary/aromatic N) is 1. The van der Waals surface area contributed by atoms with Gasteiger partial charge in [-0.2, -0.15) is 0 Å². The van der Waals surface area contributed by atoms with E-state index in [2.05, 4.69) is 12.2 Å². The molecule has 0 saturated heterocycles. The smallest absolute Gasteiger partial charge is 0.159 e. The second-order valence-corrected chi connectivity index (χ2v) is 6.45. The van der Waals surface area contributed by atoms with E-state index < -0.39 is 11.6 Å². The maximum Gasteiger partial charge on any atom is 0.159 e. The molecule has 2 aromatic rings. The Balaban J connectivity index is 1.94. The van der Waals surface area contributed by atoms with Crippen LogP contribution in [0.25, 0.3) is 0 Å². The fourth-order valence-corrected chi connectivity index (χ4v) is 3.92. The third-order valence-electron chi connectivity index (χ3n) is 3.73. The summed E-state index contributed by atoms with van der Waals surface area (Å²) < 4.78 is 26.7. The van der Waals surface area contributed by atoms with Gasteiger partial charge in [0.2, 0.25) is 0 Å². The lowest BCUT2D eigenvalue weighted by Crippen LogP contribution is -2.23. The number of nitrogens with one attached hydrogen (secondary N) is 1. The lowest BCUT2D eigenvalue weighted by molar-refractivity contribution is 0.503. The Labute approximate surface area is 127 Å². The largest absolute Gasteiger partial charge is 0.304 e. The molecule has 1 aromatic carbocycles. The van der Waals surface area contributed by atoms with Gasteiger partial charge in [0.05, 0.1) is 11.7 Å². The summed E-state index contributed by atoms with van der Waals surface area (Å²) in [6, 6.07) is 3.94. The van der Waals surface area contributed by atoms with E-state index in [1.165, 1.54) is 29.1 Å². The number of rotatable bonds is 5. The highest BCUT2D eigenvalue weighted by Crippen LogP contribution is 2.33. The van der Waals surface area contributed by atoms with E-state index in [0.717, 1.165) is 36.4 Å². The molecular formula is C16H18F2N2S. The van der Waals surface area contributed by atoms with Crippen molar-refractivity contribution in [1.29, 1.82) is 0 Å². The van der Waals surface area contributed by atoms with Gasteiger partial charge < -0.3 is 5.32 Å². The molecule has 5 heteroatoms. The van der Waals surface area contributed by atoms with E-state index in [1.54, 1.807) is 17.4 Å². The van der Waals surface area contributed by atoms with Gasteiger partial charge in [-0.25, -0.2) is 13.8 Å². The fraction of sp³-hybridized carbons (Fsp3) is 0.438. The first-order valence-electron chi connectivity index (χ1n) is 7.36. The number of hydrogen-bond acceptors (Lipinski definition) is 3. The summed E-state index contributed by atoms with van der Waals surface area (Å²) in [4.78, 5) is 6.06. The molecule has 112 valence electrons. The summed E-state index contributed by atoms with van der Waals surface area (Å²) in [5.41, 5.74) is 1.91.